The molecule has 1 unspecified atom stereocenters. The van der Waals surface area contributed by atoms with Gasteiger partial charge in [-0.2, -0.15) is 0 Å². The zero-order valence-corrected chi connectivity index (χ0v) is 16.4. The van der Waals surface area contributed by atoms with Crippen LogP contribution in [0.1, 0.15) is 11.1 Å². The zero-order chi connectivity index (χ0) is 20.3. The molecule has 0 saturated heterocycles. The molecule has 4 aromatic rings. The van der Waals surface area contributed by atoms with Crippen LogP contribution in [0.4, 0.5) is 0 Å². The molecule has 0 amide bonds. The molecule has 1 aliphatic rings. The molecule has 0 spiro atoms. The first-order chi connectivity index (χ1) is 14.8. The Hall–Kier alpha value is -3.63. The van der Waals surface area contributed by atoms with E-state index in [9.17, 15) is 5.11 Å². The number of nitrogens with zero attached hydrogens (tertiary/aromatic N) is 1. The van der Waals surface area contributed by atoms with Crippen molar-refractivity contribution in [3.05, 3.63) is 102 Å². The lowest BCUT2D eigenvalue weighted by Gasteiger charge is -2.13. The Bertz CT molecular complexity index is 1180. The highest BCUT2D eigenvalue weighted by atomic mass is 16.6. The zero-order valence-electron chi connectivity index (χ0n) is 16.4. The number of aliphatic hydroxyl groups excluding tert-OH is 1. The van der Waals surface area contributed by atoms with Gasteiger partial charge in [0.15, 0.2) is 0 Å². The molecule has 1 N–H and O–H groups in total. The molecule has 0 bridgehead atoms. The summed E-state index contributed by atoms with van der Waals surface area (Å²) in [5, 5.41) is 16.8. The molecule has 1 aliphatic carbocycles. The summed E-state index contributed by atoms with van der Waals surface area (Å²) in [6.45, 7) is 0.185. The minimum atomic E-state index is -0.791. The first kappa shape index (κ1) is 18.4. The molecule has 5 rings (SSSR count). The second-order valence-corrected chi connectivity index (χ2v) is 7.27. The molecule has 148 valence electrons. The molecule has 4 aromatic carbocycles. The average molecular weight is 395 g/mol. The lowest BCUT2D eigenvalue weighted by atomic mass is 10.1. The van der Waals surface area contributed by atoms with Crippen molar-refractivity contribution in [2.45, 2.75) is 6.10 Å². The highest BCUT2D eigenvalue weighted by molar-refractivity contribution is 6.24. The Morgan fingerprint density at radius 3 is 2.00 bits per heavy atom. The molecule has 0 heterocycles. The van der Waals surface area contributed by atoms with E-state index in [1.165, 1.54) is 0 Å². The van der Waals surface area contributed by atoms with Crippen LogP contribution >= 0.6 is 0 Å². The molecule has 4 heteroatoms. The van der Waals surface area contributed by atoms with E-state index in [0.29, 0.717) is 0 Å². The van der Waals surface area contributed by atoms with Crippen molar-refractivity contribution < 1.29 is 14.7 Å². The van der Waals surface area contributed by atoms with Gasteiger partial charge in [-0.05, 0) is 22.6 Å². The van der Waals surface area contributed by atoms with Crippen LogP contribution in [0.5, 0.6) is 5.75 Å². The van der Waals surface area contributed by atoms with Gasteiger partial charge in [-0.25, -0.2) is 0 Å². The molecular weight excluding hydrogens is 374 g/mol. The van der Waals surface area contributed by atoms with E-state index in [2.05, 4.69) is 17.3 Å². The lowest BCUT2D eigenvalue weighted by Crippen LogP contribution is -2.22. The Labute approximate surface area is 175 Å². The third kappa shape index (κ3) is 3.42. The van der Waals surface area contributed by atoms with Gasteiger partial charge in [0.05, 0.1) is 0 Å². The number of oxime groups is 1. The summed E-state index contributed by atoms with van der Waals surface area (Å²) < 4.78 is 5.84. The summed E-state index contributed by atoms with van der Waals surface area (Å²) in [4.78, 5) is 5.53. The predicted molar refractivity (Wildman–Crippen MR) is 119 cm³/mol. The number of ether oxygens (including phenoxy) is 1. The highest BCUT2D eigenvalue weighted by Gasteiger charge is 2.24. The van der Waals surface area contributed by atoms with Crippen molar-refractivity contribution in [3.8, 4) is 16.9 Å². The van der Waals surface area contributed by atoms with Gasteiger partial charge in [0.1, 0.15) is 30.8 Å². The van der Waals surface area contributed by atoms with E-state index in [4.69, 9.17) is 9.57 Å². The number of hydrogen-bond acceptors (Lipinski definition) is 4. The van der Waals surface area contributed by atoms with E-state index >= 15 is 0 Å². The van der Waals surface area contributed by atoms with E-state index < -0.39 is 6.10 Å². The second-order valence-electron chi connectivity index (χ2n) is 7.27. The van der Waals surface area contributed by atoms with E-state index in [1.54, 1.807) is 0 Å². The Kier molecular flexibility index (Phi) is 4.91. The summed E-state index contributed by atoms with van der Waals surface area (Å²) in [6, 6.07) is 30.2. The van der Waals surface area contributed by atoms with Crippen molar-refractivity contribution in [2.75, 3.05) is 13.2 Å². The van der Waals surface area contributed by atoms with Crippen LogP contribution in [0.15, 0.2) is 96.2 Å². The molecule has 0 fully saturated rings. The van der Waals surface area contributed by atoms with E-state index in [-0.39, 0.29) is 13.2 Å². The van der Waals surface area contributed by atoms with Crippen LogP contribution in [0.25, 0.3) is 21.9 Å². The van der Waals surface area contributed by atoms with Gasteiger partial charge >= 0.3 is 0 Å². The van der Waals surface area contributed by atoms with Crippen molar-refractivity contribution in [2.24, 2.45) is 5.16 Å². The van der Waals surface area contributed by atoms with Crippen molar-refractivity contribution in [1.82, 2.24) is 0 Å². The van der Waals surface area contributed by atoms with Gasteiger partial charge in [0.25, 0.3) is 0 Å². The fourth-order valence-electron chi connectivity index (χ4n) is 3.84. The Morgan fingerprint density at radius 1 is 0.667 bits per heavy atom. The molecule has 0 aromatic heterocycles. The lowest BCUT2D eigenvalue weighted by molar-refractivity contribution is 0.0148. The molecular formula is C26H21NO3. The Morgan fingerprint density at radius 2 is 1.27 bits per heavy atom. The number of rotatable bonds is 6. The van der Waals surface area contributed by atoms with Crippen LogP contribution < -0.4 is 4.74 Å². The van der Waals surface area contributed by atoms with E-state index in [1.807, 2.05) is 78.9 Å². The molecule has 0 saturated carbocycles. The standard InChI is InChI=1S/C26H21NO3/c28-19(16-29-25-15-7-9-18-8-1-2-10-20(18)25)17-30-27-26-23-13-5-3-11-21(23)22-12-4-6-14-24(22)26/h1-15,19,28H,16-17H2. The fourth-order valence-corrected chi connectivity index (χ4v) is 3.84. The van der Waals surface area contributed by atoms with E-state index in [0.717, 1.165) is 44.5 Å². The number of hydrogen-bond donors (Lipinski definition) is 1. The van der Waals surface area contributed by atoms with Gasteiger partial charge in [-0.15, -0.1) is 0 Å². The minimum Gasteiger partial charge on any atom is -0.490 e. The van der Waals surface area contributed by atoms with Crippen LogP contribution in [0.3, 0.4) is 0 Å². The quantitative estimate of drug-likeness (QED) is 0.410. The fraction of sp³-hybridized carbons (Fsp3) is 0.115. The largest absolute Gasteiger partial charge is 0.490 e. The Balaban J connectivity index is 1.26. The maximum absolute atomic E-state index is 10.3. The number of benzene rings is 4. The summed E-state index contributed by atoms with van der Waals surface area (Å²) in [7, 11) is 0. The highest BCUT2D eigenvalue weighted by Crippen LogP contribution is 2.36. The third-order valence-corrected chi connectivity index (χ3v) is 5.26. The first-order valence-electron chi connectivity index (χ1n) is 9.99. The number of aliphatic hydroxyl groups is 1. The van der Waals surface area contributed by atoms with Gasteiger partial charge in [0, 0.05) is 16.5 Å². The van der Waals surface area contributed by atoms with Crippen molar-refractivity contribution in [3.63, 3.8) is 0 Å². The van der Waals surface area contributed by atoms with Crippen LogP contribution in [0, 0.1) is 0 Å². The first-order valence-corrected chi connectivity index (χ1v) is 9.99. The topological polar surface area (TPSA) is 51.0 Å². The van der Waals surface area contributed by atoms with Gasteiger partial charge in [0.2, 0.25) is 0 Å². The molecule has 0 aliphatic heterocycles. The number of fused-ring (bicyclic) bond motifs is 4. The van der Waals surface area contributed by atoms with Crippen LogP contribution in [0.2, 0.25) is 0 Å². The maximum Gasteiger partial charge on any atom is 0.146 e. The smallest absolute Gasteiger partial charge is 0.146 e. The summed E-state index contributed by atoms with van der Waals surface area (Å²) >= 11 is 0. The molecule has 1 atom stereocenters. The van der Waals surface area contributed by atoms with Gasteiger partial charge in [-0.1, -0.05) is 90.1 Å². The minimum absolute atomic E-state index is 0.0542. The molecule has 30 heavy (non-hydrogen) atoms. The third-order valence-electron chi connectivity index (χ3n) is 5.26. The SMILES string of the molecule is OC(CON=C1c2ccccc2-c2ccccc21)COc1cccc2ccccc12. The molecule has 0 radical (unpaired) electrons. The summed E-state index contributed by atoms with van der Waals surface area (Å²) in [5.74, 6) is 0.747. The predicted octanol–water partition coefficient (Wildman–Crippen LogP) is 5.03. The molecule has 4 nitrogen and oxygen atoms in total. The van der Waals surface area contributed by atoms with Crippen LogP contribution in [-0.2, 0) is 4.84 Å². The van der Waals surface area contributed by atoms with Gasteiger partial charge < -0.3 is 14.7 Å². The van der Waals surface area contributed by atoms with Crippen molar-refractivity contribution in [1.29, 1.82) is 0 Å². The maximum atomic E-state index is 10.3. The summed E-state index contributed by atoms with van der Waals surface area (Å²) in [6.07, 6.45) is -0.791. The normalized spacial score (nSPS) is 12.9. The monoisotopic (exact) mass is 395 g/mol. The second kappa shape index (κ2) is 8.01. The van der Waals surface area contributed by atoms with Crippen LogP contribution in [-0.4, -0.2) is 30.1 Å². The average Bonchev–Trinajstić information content (AvgIpc) is 3.12. The summed E-state index contributed by atoms with van der Waals surface area (Å²) in [5.41, 5.74) is 5.18. The van der Waals surface area contributed by atoms with Crippen molar-refractivity contribution >= 4 is 16.5 Å². The van der Waals surface area contributed by atoms with Gasteiger partial charge in [-0.3, -0.25) is 0 Å².